The summed E-state index contributed by atoms with van der Waals surface area (Å²) in [6.45, 7) is 6.50. The predicted octanol–water partition coefficient (Wildman–Crippen LogP) is 5.55. The molecule has 0 aliphatic heterocycles. The average Bonchev–Trinajstić information content (AvgIpc) is 3.09. The molecule has 0 spiro atoms. The van der Waals surface area contributed by atoms with Gasteiger partial charge in [0.2, 0.25) is 0 Å². The molecule has 0 radical (unpaired) electrons. The lowest BCUT2D eigenvalue weighted by atomic mass is 9.75. The first kappa shape index (κ1) is 15.7. The van der Waals surface area contributed by atoms with E-state index in [1.54, 1.807) is 0 Å². The third-order valence-electron chi connectivity index (χ3n) is 5.39. The molecule has 2 aliphatic carbocycles. The van der Waals surface area contributed by atoms with Gasteiger partial charge in [0.25, 0.3) is 0 Å². The lowest BCUT2D eigenvalue weighted by Gasteiger charge is -2.28. The van der Waals surface area contributed by atoms with Gasteiger partial charge in [0.15, 0.2) is 0 Å². The smallest absolute Gasteiger partial charge is 0.0719 e. The molecule has 1 nitrogen and oxygen atoms in total. The summed E-state index contributed by atoms with van der Waals surface area (Å²) >= 11 is 0. The Balaban J connectivity index is 1.76. The van der Waals surface area contributed by atoms with E-state index in [0.717, 1.165) is 0 Å². The van der Waals surface area contributed by atoms with Crippen molar-refractivity contribution in [3.05, 3.63) is 83.9 Å². The standard InChI is InChI=1S/C23H26O/c1-23(2,3)24-22-18-14-15-19(22)21(17-12-8-5-9-13-17)20(18)16-10-6-4-7-11-16/h4-15,18-22H,1-3H3/t18-,19+,20-,21+,22?. The number of benzene rings is 2. The van der Waals surface area contributed by atoms with Crippen LogP contribution in [0.4, 0.5) is 0 Å². The average molecular weight is 318 g/mol. The summed E-state index contributed by atoms with van der Waals surface area (Å²) in [7, 11) is 0. The highest BCUT2D eigenvalue weighted by atomic mass is 16.5. The van der Waals surface area contributed by atoms with Crippen LogP contribution in [0.25, 0.3) is 0 Å². The Kier molecular flexibility index (Phi) is 3.85. The van der Waals surface area contributed by atoms with Crippen LogP contribution in [-0.4, -0.2) is 11.7 Å². The summed E-state index contributed by atoms with van der Waals surface area (Å²) in [6.07, 6.45) is 5.08. The highest BCUT2D eigenvalue weighted by Gasteiger charge is 2.54. The predicted molar refractivity (Wildman–Crippen MR) is 99.1 cm³/mol. The Morgan fingerprint density at radius 2 is 1.08 bits per heavy atom. The van der Waals surface area contributed by atoms with Gasteiger partial charge < -0.3 is 4.74 Å². The van der Waals surface area contributed by atoms with E-state index < -0.39 is 0 Å². The molecular weight excluding hydrogens is 292 g/mol. The van der Waals surface area contributed by atoms with Gasteiger partial charge in [-0.15, -0.1) is 0 Å². The summed E-state index contributed by atoms with van der Waals surface area (Å²) in [4.78, 5) is 0. The lowest BCUT2D eigenvalue weighted by Crippen LogP contribution is -2.31. The zero-order chi connectivity index (χ0) is 16.7. The Morgan fingerprint density at radius 1 is 0.667 bits per heavy atom. The van der Waals surface area contributed by atoms with E-state index in [9.17, 15) is 0 Å². The molecule has 1 fully saturated rings. The van der Waals surface area contributed by atoms with Crippen molar-refractivity contribution in [2.45, 2.75) is 44.3 Å². The molecule has 0 amide bonds. The Labute approximate surface area is 145 Å². The summed E-state index contributed by atoms with van der Waals surface area (Å²) in [6, 6.07) is 22.0. The van der Waals surface area contributed by atoms with Crippen molar-refractivity contribution in [2.24, 2.45) is 11.8 Å². The van der Waals surface area contributed by atoms with Crippen molar-refractivity contribution in [3.63, 3.8) is 0 Å². The van der Waals surface area contributed by atoms with Gasteiger partial charge in [-0.05, 0) is 31.9 Å². The summed E-state index contributed by atoms with van der Waals surface area (Å²) in [5, 5.41) is 0. The van der Waals surface area contributed by atoms with Gasteiger partial charge in [-0.1, -0.05) is 72.8 Å². The van der Waals surface area contributed by atoms with Gasteiger partial charge in [0, 0.05) is 23.7 Å². The highest BCUT2D eigenvalue weighted by molar-refractivity contribution is 5.39. The summed E-state index contributed by atoms with van der Waals surface area (Å²) < 4.78 is 6.53. The second-order valence-corrected chi connectivity index (χ2v) is 8.11. The quantitative estimate of drug-likeness (QED) is 0.674. The van der Waals surface area contributed by atoms with Gasteiger partial charge in [0.1, 0.15) is 0 Å². The number of rotatable bonds is 3. The lowest BCUT2D eigenvalue weighted by molar-refractivity contribution is -0.0768. The van der Waals surface area contributed by atoms with Crippen molar-refractivity contribution < 1.29 is 4.74 Å². The maximum atomic E-state index is 6.53. The molecule has 0 heterocycles. The van der Waals surface area contributed by atoms with E-state index in [-0.39, 0.29) is 11.7 Å². The molecular formula is C23H26O. The molecule has 24 heavy (non-hydrogen) atoms. The van der Waals surface area contributed by atoms with E-state index in [0.29, 0.717) is 23.7 Å². The zero-order valence-corrected chi connectivity index (χ0v) is 14.7. The van der Waals surface area contributed by atoms with Crippen LogP contribution in [0, 0.1) is 11.8 Å². The first-order valence-electron chi connectivity index (χ1n) is 9.01. The monoisotopic (exact) mass is 318 g/mol. The Bertz CT molecular complexity index is 655. The van der Waals surface area contributed by atoms with Crippen molar-refractivity contribution in [1.82, 2.24) is 0 Å². The van der Waals surface area contributed by atoms with Crippen LogP contribution in [0.15, 0.2) is 72.8 Å². The van der Waals surface area contributed by atoms with Crippen LogP contribution < -0.4 is 0 Å². The van der Waals surface area contributed by atoms with Crippen molar-refractivity contribution in [2.75, 3.05) is 0 Å². The molecule has 5 atom stereocenters. The normalized spacial score (nSPS) is 31.5. The molecule has 0 saturated heterocycles. The molecule has 2 aromatic carbocycles. The van der Waals surface area contributed by atoms with Crippen LogP contribution in [0.5, 0.6) is 0 Å². The van der Waals surface area contributed by atoms with Gasteiger partial charge >= 0.3 is 0 Å². The minimum absolute atomic E-state index is 0.111. The second kappa shape index (κ2) is 5.89. The number of hydrogen-bond acceptors (Lipinski definition) is 1. The second-order valence-electron chi connectivity index (χ2n) is 8.11. The van der Waals surface area contributed by atoms with Crippen LogP contribution >= 0.6 is 0 Å². The van der Waals surface area contributed by atoms with Gasteiger partial charge in [0.05, 0.1) is 11.7 Å². The fourth-order valence-electron chi connectivity index (χ4n) is 4.63. The third-order valence-corrected chi connectivity index (χ3v) is 5.39. The van der Waals surface area contributed by atoms with Crippen molar-refractivity contribution in [1.29, 1.82) is 0 Å². The van der Waals surface area contributed by atoms with E-state index in [4.69, 9.17) is 4.74 Å². The zero-order valence-electron chi connectivity index (χ0n) is 14.7. The molecule has 4 rings (SSSR count). The van der Waals surface area contributed by atoms with E-state index in [1.807, 2.05) is 0 Å². The molecule has 2 aliphatic rings. The largest absolute Gasteiger partial charge is 0.371 e. The SMILES string of the molecule is CC(C)(C)OC1[C@H]2C=C[C@@H]1[C@@H](c1ccccc1)[C@H]2c1ccccc1. The van der Waals surface area contributed by atoms with E-state index in [1.165, 1.54) is 11.1 Å². The fourth-order valence-corrected chi connectivity index (χ4v) is 4.63. The first-order valence-corrected chi connectivity index (χ1v) is 9.01. The van der Waals surface area contributed by atoms with Crippen LogP contribution in [0.1, 0.15) is 43.7 Å². The number of hydrogen-bond donors (Lipinski definition) is 0. The van der Waals surface area contributed by atoms with Gasteiger partial charge in [-0.3, -0.25) is 0 Å². The van der Waals surface area contributed by atoms with Crippen molar-refractivity contribution >= 4 is 0 Å². The Morgan fingerprint density at radius 3 is 1.46 bits per heavy atom. The fraction of sp³-hybridized carbons (Fsp3) is 0.391. The molecule has 1 heteroatoms. The van der Waals surface area contributed by atoms with Gasteiger partial charge in [-0.2, -0.15) is 0 Å². The maximum absolute atomic E-state index is 6.53. The number of fused-ring (bicyclic) bond motifs is 2. The number of ether oxygens (including phenoxy) is 1. The Hall–Kier alpha value is -1.86. The topological polar surface area (TPSA) is 9.23 Å². The highest BCUT2D eigenvalue weighted by Crippen LogP contribution is 2.59. The molecule has 124 valence electrons. The van der Waals surface area contributed by atoms with Crippen molar-refractivity contribution in [3.8, 4) is 0 Å². The van der Waals surface area contributed by atoms with Gasteiger partial charge in [-0.25, -0.2) is 0 Å². The van der Waals surface area contributed by atoms with Crippen LogP contribution in [-0.2, 0) is 4.74 Å². The van der Waals surface area contributed by atoms with Crippen LogP contribution in [0.3, 0.4) is 0 Å². The molecule has 2 aromatic rings. The first-order chi connectivity index (χ1) is 11.5. The molecule has 0 N–H and O–H groups in total. The summed E-state index contributed by atoms with van der Waals surface area (Å²) in [5.41, 5.74) is 2.76. The molecule has 2 bridgehead atoms. The van der Waals surface area contributed by atoms with E-state index in [2.05, 4.69) is 93.6 Å². The third kappa shape index (κ3) is 2.71. The minimum atomic E-state index is -0.111. The van der Waals surface area contributed by atoms with E-state index >= 15 is 0 Å². The molecule has 0 aromatic heterocycles. The molecule has 1 saturated carbocycles. The van der Waals surface area contributed by atoms with Crippen LogP contribution in [0.2, 0.25) is 0 Å². The maximum Gasteiger partial charge on any atom is 0.0719 e. The minimum Gasteiger partial charge on any atom is -0.371 e. The molecule has 1 unspecified atom stereocenters. The summed E-state index contributed by atoms with van der Waals surface area (Å²) in [5.74, 6) is 1.91.